The van der Waals surface area contributed by atoms with Crippen LogP contribution in [0.2, 0.25) is 0 Å². The van der Waals surface area contributed by atoms with E-state index in [0.717, 1.165) is 13.0 Å². The Kier molecular flexibility index (Phi) is 11.4. The zero-order valence-corrected chi connectivity index (χ0v) is 11.2. The quantitative estimate of drug-likeness (QED) is 0.433. The van der Waals surface area contributed by atoms with Gasteiger partial charge >= 0.3 is 5.97 Å². The first kappa shape index (κ1) is 16.4. The zero-order valence-electron chi connectivity index (χ0n) is 11.2. The summed E-state index contributed by atoms with van der Waals surface area (Å²) in [5, 5.41) is 3.03. The van der Waals surface area contributed by atoms with Gasteiger partial charge in [-0.15, -0.1) is 0 Å². The lowest BCUT2D eigenvalue weighted by atomic mass is 10.2. The van der Waals surface area contributed by atoms with Gasteiger partial charge in [-0.3, -0.25) is 4.79 Å². The maximum atomic E-state index is 11.2. The fourth-order valence-electron chi connectivity index (χ4n) is 1.11. The number of hydrogen-bond donors (Lipinski definition) is 1. The molecule has 5 nitrogen and oxygen atoms in total. The molecule has 0 aromatic carbocycles. The first-order valence-corrected chi connectivity index (χ1v) is 6.09. The number of ether oxygens (including phenoxy) is 3. The average molecular weight is 247 g/mol. The number of hydrogen-bond acceptors (Lipinski definition) is 5. The second-order valence-electron chi connectivity index (χ2n) is 4.20. The van der Waals surface area contributed by atoms with E-state index < -0.39 is 0 Å². The third-order valence-corrected chi connectivity index (χ3v) is 1.95. The lowest BCUT2D eigenvalue weighted by Crippen LogP contribution is -2.28. The topological polar surface area (TPSA) is 56.8 Å². The van der Waals surface area contributed by atoms with Crippen LogP contribution in [0.1, 0.15) is 20.3 Å². The smallest absolute Gasteiger partial charge is 0.319 e. The fraction of sp³-hybridized carbons (Fsp3) is 0.917. The van der Waals surface area contributed by atoms with Gasteiger partial charge in [0.25, 0.3) is 0 Å². The monoisotopic (exact) mass is 247 g/mol. The number of carbonyl (C=O) groups excluding carboxylic acids is 1. The Labute approximate surface area is 104 Å². The molecule has 0 rings (SSSR count). The van der Waals surface area contributed by atoms with Crippen molar-refractivity contribution in [2.24, 2.45) is 5.92 Å². The lowest BCUT2D eigenvalue weighted by molar-refractivity contribution is -0.142. The molecule has 0 radical (unpaired) electrons. The molecule has 0 bridgehead atoms. The first-order valence-electron chi connectivity index (χ1n) is 6.09. The van der Waals surface area contributed by atoms with Crippen LogP contribution in [-0.2, 0) is 19.0 Å². The summed E-state index contributed by atoms with van der Waals surface area (Å²) in [6, 6.07) is 0. The lowest BCUT2D eigenvalue weighted by Gasteiger charge is -2.08. The van der Waals surface area contributed by atoms with Gasteiger partial charge in [0.05, 0.1) is 26.4 Å². The molecule has 0 heterocycles. The van der Waals surface area contributed by atoms with Crippen LogP contribution in [0.15, 0.2) is 0 Å². The number of esters is 1. The van der Waals surface area contributed by atoms with Gasteiger partial charge in [0, 0.05) is 20.1 Å². The van der Waals surface area contributed by atoms with Crippen LogP contribution in [0.3, 0.4) is 0 Å². The van der Waals surface area contributed by atoms with E-state index in [1.165, 1.54) is 0 Å². The predicted octanol–water partition coefficient (Wildman–Crippen LogP) is 0.828. The molecular weight excluding hydrogens is 222 g/mol. The van der Waals surface area contributed by atoms with Crippen LogP contribution < -0.4 is 5.32 Å². The minimum atomic E-state index is -0.206. The third kappa shape index (κ3) is 13.3. The maximum Gasteiger partial charge on any atom is 0.319 e. The molecule has 0 unspecified atom stereocenters. The molecular formula is C12H25NO4. The normalized spacial score (nSPS) is 10.8. The summed E-state index contributed by atoms with van der Waals surface area (Å²) in [5.41, 5.74) is 0. The Morgan fingerprint density at radius 1 is 1.18 bits per heavy atom. The van der Waals surface area contributed by atoms with E-state index in [-0.39, 0.29) is 12.5 Å². The van der Waals surface area contributed by atoms with Gasteiger partial charge in [-0.1, -0.05) is 13.8 Å². The number of methoxy groups -OCH3 is 1. The van der Waals surface area contributed by atoms with Crippen molar-refractivity contribution in [3.05, 3.63) is 0 Å². The van der Waals surface area contributed by atoms with E-state index >= 15 is 0 Å². The Hall–Kier alpha value is -0.650. The van der Waals surface area contributed by atoms with E-state index in [1.54, 1.807) is 7.11 Å². The van der Waals surface area contributed by atoms with Gasteiger partial charge in [0.2, 0.25) is 0 Å². The van der Waals surface area contributed by atoms with Crippen LogP contribution >= 0.6 is 0 Å². The van der Waals surface area contributed by atoms with Crippen molar-refractivity contribution < 1.29 is 19.0 Å². The summed E-state index contributed by atoms with van der Waals surface area (Å²) in [4.78, 5) is 11.2. The van der Waals surface area contributed by atoms with Crippen molar-refractivity contribution in [1.29, 1.82) is 0 Å². The maximum absolute atomic E-state index is 11.2. The Bertz CT molecular complexity index is 185. The second kappa shape index (κ2) is 11.8. The molecule has 0 saturated carbocycles. The molecule has 102 valence electrons. The van der Waals surface area contributed by atoms with Crippen LogP contribution in [-0.4, -0.2) is 52.6 Å². The SMILES string of the molecule is COCCOCCCOC(=O)CNCC(C)C. The van der Waals surface area contributed by atoms with Crippen molar-refractivity contribution in [2.45, 2.75) is 20.3 Å². The van der Waals surface area contributed by atoms with Crippen molar-refractivity contribution in [1.82, 2.24) is 5.32 Å². The Morgan fingerprint density at radius 3 is 2.59 bits per heavy atom. The standard InChI is InChI=1S/C12H25NO4/c1-11(2)9-13-10-12(14)17-6-4-5-16-8-7-15-3/h11,13H,4-10H2,1-3H3. The molecule has 0 aliphatic heterocycles. The number of nitrogens with one attached hydrogen (secondary N) is 1. The Balaban J connectivity index is 3.16. The summed E-state index contributed by atoms with van der Waals surface area (Å²) in [6.45, 7) is 7.48. The predicted molar refractivity (Wildman–Crippen MR) is 66.0 cm³/mol. The van der Waals surface area contributed by atoms with Crippen molar-refractivity contribution in [3.8, 4) is 0 Å². The Morgan fingerprint density at radius 2 is 1.94 bits per heavy atom. The minimum absolute atomic E-state index is 0.206. The number of rotatable bonds is 11. The largest absolute Gasteiger partial charge is 0.465 e. The van der Waals surface area contributed by atoms with E-state index in [4.69, 9.17) is 14.2 Å². The van der Waals surface area contributed by atoms with E-state index in [1.807, 2.05) is 0 Å². The molecule has 17 heavy (non-hydrogen) atoms. The highest BCUT2D eigenvalue weighted by atomic mass is 16.5. The zero-order chi connectivity index (χ0) is 12.9. The highest BCUT2D eigenvalue weighted by Gasteiger charge is 2.02. The summed E-state index contributed by atoms with van der Waals surface area (Å²) < 4.78 is 15.1. The van der Waals surface area contributed by atoms with Gasteiger partial charge in [0.1, 0.15) is 0 Å². The van der Waals surface area contributed by atoms with Crippen LogP contribution in [0, 0.1) is 5.92 Å². The van der Waals surface area contributed by atoms with Crippen molar-refractivity contribution in [2.75, 3.05) is 46.6 Å². The molecule has 1 N–H and O–H groups in total. The van der Waals surface area contributed by atoms with Gasteiger partial charge in [-0.05, 0) is 12.5 Å². The molecule has 0 saturated heterocycles. The molecule has 0 amide bonds. The van der Waals surface area contributed by atoms with Crippen LogP contribution in [0.4, 0.5) is 0 Å². The third-order valence-electron chi connectivity index (χ3n) is 1.95. The highest BCUT2D eigenvalue weighted by molar-refractivity contribution is 5.71. The molecule has 0 aliphatic rings. The number of carbonyl (C=O) groups is 1. The molecule has 0 aliphatic carbocycles. The van der Waals surface area contributed by atoms with Gasteiger partial charge in [-0.2, -0.15) is 0 Å². The van der Waals surface area contributed by atoms with Gasteiger partial charge in [-0.25, -0.2) is 0 Å². The first-order chi connectivity index (χ1) is 8.16. The summed E-state index contributed by atoms with van der Waals surface area (Å²) in [5.74, 6) is 0.333. The molecule has 0 spiro atoms. The van der Waals surface area contributed by atoms with Crippen LogP contribution in [0.5, 0.6) is 0 Å². The van der Waals surface area contributed by atoms with Gasteiger partial charge in [0.15, 0.2) is 0 Å². The molecule has 0 fully saturated rings. The summed E-state index contributed by atoms with van der Waals surface area (Å²) >= 11 is 0. The van der Waals surface area contributed by atoms with Crippen molar-refractivity contribution in [3.63, 3.8) is 0 Å². The molecule has 5 heteroatoms. The van der Waals surface area contributed by atoms with E-state index in [0.29, 0.717) is 32.3 Å². The molecule has 0 aromatic heterocycles. The minimum Gasteiger partial charge on any atom is -0.465 e. The van der Waals surface area contributed by atoms with Crippen LogP contribution in [0.25, 0.3) is 0 Å². The second-order valence-corrected chi connectivity index (χ2v) is 4.20. The summed E-state index contributed by atoms with van der Waals surface area (Å²) in [7, 11) is 1.63. The van der Waals surface area contributed by atoms with E-state index in [2.05, 4.69) is 19.2 Å². The fourth-order valence-corrected chi connectivity index (χ4v) is 1.11. The average Bonchev–Trinajstić information content (AvgIpc) is 2.27. The van der Waals surface area contributed by atoms with Gasteiger partial charge < -0.3 is 19.5 Å². The molecule has 0 aromatic rings. The summed E-state index contributed by atoms with van der Waals surface area (Å²) in [6.07, 6.45) is 0.722. The van der Waals surface area contributed by atoms with Crippen molar-refractivity contribution >= 4 is 5.97 Å². The highest BCUT2D eigenvalue weighted by Crippen LogP contribution is 1.89. The molecule has 0 atom stereocenters. The van der Waals surface area contributed by atoms with E-state index in [9.17, 15) is 4.79 Å².